The third-order valence-electron chi connectivity index (χ3n) is 3.24. The molecule has 0 bridgehead atoms. The smallest absolute Gasteiger partial charge is 0.310 e. The molecule has 0 saturated carbocycles. The van der Waals surface area contributed by atoms with Crippen LogP contribution in [0.3, 0.4) is 0 Å². The minimum Gasteiger partial charge on any atom is -0.481 e. The van der Waals surface area contributed by atoms with Gasteiger partial charge in [0.25, 0.3) is 0 Å². The molecule has 1 heterocycles. The van der Waals surface area contributed by atoms with Crippen LogP contribution in [0.4, 0.5) is 0 Å². The van der Waals surface area contributed by atoms with E-state index in [-0.39, 0.29) is 0 Å². The molecular weight excluding hydrogens is 204 g/mol. The summed E-state index contributed by atoms with van der Waals surface area (Å²) < 4.78 is 0. The monoisotopic (exact) mass is 228 g/mol. The Balaban J connectivity index is 2.59. The minimum absolute atomic E-state index is 0.513. The van der Waals surface area contributed by atoms with Crippen molar-refractivity contribution in [3.63, 3.8) is 0 Å². The van der Waals surface area contributed by atoms with E-state index in [1.165, 1.54) is 0 Å². The molecule has 0 aliphatic carbocycles. The molecule has 16 heavy (non-hydrogen) atoms. The molecule has 4 heteroatoms. The van der Waals surface area contributed by atoms with Crippen LogP contribution in [0.15, 0.2) is 0 Å². The summed E-state index contributed by atoms with van der Waals surface area (Å²) in [6.07, 6.45) is 2.21. The molecule has 1 atom stereocenters. The van der Waals surface area contributed by atoms with Crippen molar-refractivity contribution in [3.8, 4) is 0 Å². The third kappa shape index (κ3) is 3.46. The summed E-state index contributed by atoms with van der Waals surface area (Å²) >= 11 is 0. The lowest BCUT2D eigenvalue weighted by atomic mass is 9.92. The fourth-order valence-corrected chi connectivity index (χ4v) is 2.20. The van der Waals surface area contributed by atoms with Crippen molar-refractivity contribution >= 4 is 5.97 Å². The van der Waals surface area contributed by atoms with Crippen LogP contribution in [0.5, 0.6) is 0 Å². The fraction of sp³-hybridized carbons (Fsp3) is 0.917. The number of aliphatic carboxylic acids is 1. The first-order valence-electron chi connectivity index (χ1n) is 6.15. The standard InChI is InChI=1S/C12H24N2O2/c1-4-7-14(10-5-6-13-8-10)9-12(2,3)11(15)16/h10,13H,4-9H2,1-3H3,(H,15,16). The number of hydrogen-bond donors (Lipinski definition) is 2. The molecule has 1 saturated heterocycles. The lowest BCUT2D eigenvalue weighted by Crippen LogP contribution is -2.45. The average Bonchev–Trinajstić information content (AvgIpc) is 2.69. The number of carboxylic acid groups (broad SMARTS) is 1. The molecule has 0 aromatic rings. The molecule has 0 aromatic carbocycles. The Bertz CT molecular complexity index is 235. The van der Waals surface area contributed by atoms with Gasteiger partial charge in [-0.05, 0) is 39.8 Å². The summed E-state index contributed by atoms with van der Waals surface area (Å²) in [6, 6.07) is 0.513. The summed E-state index contributed by atoms with van der Waals surface area (Å²) in [5.74, 6) is -0.709. The first kappa shape index (κ1) is 13.5. The van der Waals surface area contributed by atoms with Crippen molar-refractivity contribution in [1.82, 2.24) is 10.2 Å². The van der Waals surface area contributed by atoms with Gasteiger partial charge in [-0.1, -0.05) is 6.92 Å². The number of nitrogens with zero attached hydrogens (tertiary/aromatic N) is 1. The molecule has 0 radical (unpaired) electrons. The van der Waals surface area contributed by atoms with E-state index in [2.05, 4.69) is 17.1 Å². The summed E-state index contributed by atoms with van der Waals surface area (Å²) in [5, 5.41) is 12.5. The van der Waals surface area contributed by atoms with Gasteiger partial charge in [0.1, 0.15) is 0 Å². The molecule has 1 rings (SSSR count). The van der Waals surface area contributed by atoms with Crippen LogP contribution < -0.4 is 5.32 Å². The predicted molar refractivity (Wildman–Crippen MR) is 64.6 cm³/mol. The van der Waals surface area contributed by atoms with E-state index in [1.54, 1.807) is 13.8 Å². The first-order valence-corrected chi connectivity index (χ1v) is 6.15. The van der Waals surface area contributed by atoms with Gasteiger partial charge >= 0.3 is 5.97 Å². The van der Waals surface area contributed by atoms with E-state index >= 15 is 0 Å². The Hall–Kier alpha value is -0.610. The van der Waals surface area contributed by atoms with E-state index in [0.717, 1.165) is 32.5 Å². The maximum atomic E-state index is 11.1. The average molecular weight is 228 g/mol. The maximum absolute atomic E-state index is 11.1. The minimum atomic E-state index is -0.709. The fourth-order valence-electron chi connectivity index (χ4n) is 2.20. The van der Waals surface area contributed by atoms with Gasteiger partial charge in [0.05, 0.1) is 5.41 Å². The van der Waals surface area contributed by atoms with E-state index < -0.39 is 11.4 Å². The lowest BCUT2D eigenvalue weighted by Gasteiger charge is -2.33. The zero-order valence-electron chi connectivity index (χ0n) is 10.6. The highest BCUT2D eigenvalue weighted by Gasteiger charge is 2.32. The van der Waals surface area contributed by atoms with Crippen molar-refractivity contribution in [3.05, 3.63) is 0 Å². The van der Waals surface area contributed by atoms with Crippen molar-refractivity contribution in [2.45, 2.75) is 39.7 Å². The van der Waals surface area contributed by atoms with Crippen LogP contribution in [0, 0.1) is 5.41 Å². The van der Waals surface area contributed by atoms with E-state index in [0.29, 0.717) is 12.6 Å². The Morgan fingerprint density at radius 3 is 2.69 bits per heavy atom. The number of rotatable bonds is 6. The summed E-state index contributed by atoms with van der Waals surface area (Å²) in [5.41, 5.74) is -0.655. The van der Waals surface area contributed by atoms with Crippen LogP contribution in [0.2, 0.25) is 0 Å². The van der Waals surface area contributed by atoms with Crippen LogP contribution >= 0.6 is 0 Å². The van der Waals surface area contributed by atoms with Crippen LogP contribution in [-0.2, 0) is 4.79 Å². The number of carbonyl (C=O) groups is 1. The quantitative estimate of drug-likeness (QED) is 0.716. The van der Waals surface area contributed by atoms with Crippen LogP contribution in [0.25, 0.3) is 0 Å². The van der Waals surface area contributed by atoms with Gasteiger partial charge in [-0.2, -0.15) is 0 Å². The Morgan fingerprint density at radius 1 is 1.56 bits per heavy atom. The topological polar surface area (TPSA) is 52.6 Å². The van der Waals surface area contributed by atoms with E-state index in [4.69, 9.17) is 5.11 Å². The summed E-state index contributed by atoms with van der Waals surface area (Å²) in [4.78, 5) is 13.5. The van der Waals surface area contributed by atoms with Gasteiger partial charge in [-0.3, -0.25) is 9.69 Å². The lowest BCUT2D eigenvalue weighted by molar-refractivity contribution is -0.148. The highest BCUT2D eigenvalue weighted by molar-refractivity contribution is 5.73. The largest absolute Gasteiger partial charge is 0.481 e. The highest BCUT2D eigenvalue weighted by Crippen LogP contribution is 2.20. The molecule has 1 fully saturated rings. The second kappa shape index (κ2) is 5.64. The number of hydrogen-bond acceptors (Lipinski definition) is 3. The van der Waals surface area contributed by atoms with Crippen molar-refractivity contribution < 1.29 is 9.90 Å². The molecule has 1 aliphatic heterocycles. The van der Waals surface area contributed by atoms with Crippen molar-refractivity contribution in [2.24, 2.45) is 5.41 Å². The van der Waals surface area contributed by atoms with E-state index in [1.807, 2.05) is 0 Å². The van der Waals surface area contributed by atoms with Gasteiger partial charge in [0.2, 0.25) is 0 Å². The highest BCUT2D eigenvalue weighted by atomic mass is 16.4. The summed E-state index contributed by atoms with van der Waals surface area (Å²) in [6.45, 7) is 9.43. The molecule has 1 aliphatic rings. The Kier molecular flexibility index (Phi) is 4.74. The first-order chi connectivity index (χ1) is 7.47. The van der Waals surface area contributed by atoms with Gasteiger partial charge in [0, 0.05) is 19.1 Å². The molecule has 1 unspecified atom stereocenters. The predicted octanol–water partition coefficient (Wildman–Crippen LogP) is 1.17. The van der Waals surface area contributed by atoms with E-state index in [9.17, 15) is 4.79 Å². The third-order valence-corrected chi connectivity index (χ3v) is 3.24. The van der Waals surface area contributed by atoms with Gasteiger partial charge < -0.3 is 10.4 Å². The SMILES string of the molecule is CCCN(CC(C)(C)C(=O)O)C1CCNC1. The zero-order chi connectivity index (χ0) is 12.2. The van der Waals surface area contributed by atoms with Crippen molar-refractivity contribution in [2.75, 3.05) is 26.2 Å². The molecule has 0 spiro atoms. The molecule has 0 aromatic heterocycles. The summed E-state index contributed by atoms with van der Waals surface area (Å²) in [7, 11) is 0. The molecular formula is C12H24N2O2. The molecule has 94 valence electrons. The van der Waals surface area contributed by atoms with Crippen LogP contribution in [-0.4, -0.2) is 48.2 Å². The Labute approximate surface area is 98.0 Å². The number of carboxylic acids is 1. The number of nitrogens with one attached hydrogen (secondary N) is 1. The molecule has 2 N–H and O–H groups in total. The maximum Gasteiger partial charge on any atom is 0.310 e. The van der Waals surface area contributed by atoms with Crippen molar-refractivity contribution in [1.29, 1.82) is 0 Å². The van der Waals surface area contributed by atoms with Gasteiger partial charge in [-0.15, -0.1) is 0 Å². The van der Waals surface area contributed by atoms with Gasteiger partial charge in [-0.25, -0.2) is 0 Å². The second-order valence-electron chi connectivity index (χ2n) is 5.31. The molecule has 4 nitrogen and oxygen atoms in total. The van der Waals surface area contributed by atoms with Crippen LogP contribution in [0.1, 0.15) is 33.6 Å². The second-order valence-corrected chi connectivity index (χ2v) is 5.31. The molecule has 0 amide bonds. The zero-order valence-corrected chi connectivity index (χ0v) is 10.6. The van der Waals surface area contributed by atoms with Gasteiger partial charge in [0.15, 0.2) is 0 Å². The Morgan fingerprint density at radius 2 is 2.25 bits per heavy atom. The normalized spacial score (nSPS) is 21.6.